The highest BCUT2D eigenvalue weighted by Gasteiger charge is 2.33. The van der Waals surface area contributed by atoms with Crippen LogP contribution in [0.4, 0.5) is 0 Å². The molecule has 3 nitrogen and oxygen atoms in total. The van der Waals surface area contributed by atoms with Crippen molar-refractivity contribution in [3.05, 3.63) is 60.1 Å². The number of benzene rings is 1. The van der Waals surface area contributed by atoms with E-state index in [0.29, 0.717) is 6.04 Å². The maximum atomic E-state index is 5.21. The molecule has 3 heteroatoms. The summed E-state index contributed by atoms with van der Waals surface area (Å²) in [4.78, 5) is 2.54. The van der Waals surface area contributed by atoms with Gasteiger partial charge in [-0.25, -0.2) is 0 Å². The van der Waals surface area contributed by atoms with Gasteiger partial charge in [0, 0.05) is 36.8 Å². The third-order valence-corrected chi connectivity index (χ3v) is 3.96. The first-order chi connectivity index (χ1) is 9.64. The molecule has 106 valence electrons. The maximum Gasteiger partial charge on any atom is 0.0947 e. The second-order valence-corrected chi connectivity index (χ2v) is 6.23. The molecule has 1 atom stereocenters. The molecule has 2 aromatic rings. The minimum Gasteiger partial charge on any atom is -0.472 e. The standard InChI is InChI=1S/C17H22N2O/c1-17(2)13-19(11-14-8-9-20-12-14)16(10-18-17)15-6-4-3-5-7-15/h3-9,12,16,18H,10-11,13H2,1-2H3. The fourth-order valence-electron chi connectivity index (χ4n) is 2.96. The van der Waals surface area contributed by atoms with Gasteiger partial charge in [0.15, 0.2) is 0 Å². The van der Waals surface area contributed by atoms with Crippen molar-refractivity contribution in [3.8, 4) is 0 Å². The molecule has 1 fully saturated rings. The largest absolute Gasteiger partial charge is 0.472 e. The number of nitrogens with zero attached hydrogens (tertiary/aromatic N) is 1. The van der Waals surface area contributed by atoms with Gasteiger partial charge in [-0.3, -0.25) is 4.90 Å². The van der Waals surface area contributed by atoms with Crippen LogP contribution in [0.3, 0.4) is 0 Å². The molecular weight excluding hydrogens is 248 g/mol. The van der Waals surface area contributed by atoms with Crippen molar-refractivity contribution in [2.24, 2.45) is 0 Å². The molecule has 3 rings (SSSR count). The fourth-order valence-corrected chi connectivity index (χ4v) is 2.96. The second-order valence-electron chi connectivity index (χ2n) is 6.23. The average Bonchev–Trinajstić information content (AvgIpc) is 2.92. The van der Waals surface area contributed by atoms with Gasteiger partial charge in [0.25, 0.3) is 0 Å². The molecule has 1 aliphatic heterocycles. The summed E-state index contributed by atoms with van der Waals surface area (Å²) in [6.07, 6.45) is 3.59. The van der Waals surface area contributed by atoms with Crippen LogP contribution in [0.25, 0.3) is 0 Å². The van der Waals surface area contributed by atoms with E-state index in [9.17, 15) is 0 Å². The van der Waals surface area contributed by atoms with E-state index in [1.807, 2.05) is 6.26 Å². The van der Waals surface area contributed by atoms with E-state index in [0.717, 1.165) is 19.6 Å². The molecular formula is C17H22N2O. The predicted molar refractivity (Wildman–Crippen MR) is 80.4 cm³/mol. The summed E-state index contributed by atoms with van der Waals surface area (Å²) in [7, 11) is 0. The van der Waals surface area contributed by atoms with Crippen LogP contribution in [0.15, 0.2) is 53.3 Å². The zero-order chi connectivity index (χ0) is 14.0. The highest BCUT2D eigenvalue weighted by atomic mass is 16.3. The van der Waals surface area contributed by atoms with E-state index in [4.69, 9.17) is 4.42 Å². The van der Waals surface area contributed by atoms with E-state index >= 15 is 0 Å². The fraction of sp³-hybridized carbons (Fsp3) is 0.412. The minimum absolute atomic E-state index is 0.148. The number of furan rings is 1. The van der Waals surface area contributed by atoms with Crippen molar-refractivity contribution in [3.63, 3.8) is 0 Å². The van der Waals surface area contributed by atoms with Gasteiger partial charge in [0.05, 0.1) is 12.5 Å². The molecule has 0 saturated carbocycles. The Morgan fingerprint density at radius 2 is 2.05 bits per heavy atom. The third-order valence-electron chi connectivity index (χ3n) is 3.96. The van der Waals surface area contributed by atoms with Crippen LogP contribution in [0.2, 0.25) is 0 Å². The summed E-state index contributed by atoms with van der Waals surface area (Å²) in [6.45, 7) is 7.46. The normalized spacial score (nSPS) is 22.8. The Morgan fingerprint density at radius 1 is 1.25 bits per heavy atom. The molecule has 2 heterocycles. The Morgan fingerprint density at radius 3 is 2.75 bits per heavy atom. The van der Waals surface area contributed by atoms with Crippen LogP contribution in [-0.4, -0.2) is 23.5 Å². The molecule has 0 spiro atoms. The van der Waals surface area contributed by atoms with Crippen LogP contribution in [0, 0.1) is 0 Å². The second kappa shape index (κ2) is 5.43. The minimum atomic E-state index is 0.148. The summed E-state index contributed by atoms with van der Waals surface area (Å²) >= 11 is 0. The Labute approximate surface area is 120 Å². The Balaban J connectivity index is 1.83. The van der Waals surface area contributed by atoms with E-state index in [1.165, 1.54) is 11.1 Å². The maximum absolute atomic E-state index is 5.21. The zero-order valence-corrected chi connectivity index (χ0v) is 12.2. The summed E-state index contributed by atoms with van der Waals surface area (Å²) < 4.78 is 5.21. The SMILES string of the molecule is CC1(C)CN(Cc2ccoc2)C(c2ccccc2)CN1. The van der Waals surface area contributed by atoms with Crippen molar-refractivity contribution < 1.29 is 4.42 Å². The first-order valence-electron chi connectivity index (χ1n) is 7.19. The van der Waals surface area contributed by atoms with E-state index < -0.39 is 0 Å². The van der Waals surface area contributed by atoms with E-state index in [1.54, 1.807) is 6.26 Å². The summed E-state index contributed by atoms with van der Waals surface area (Å²) in [5.74, 6) is 0. The lowest BCUT2D eigenvalue weighted by Gasteiger charge is -2.44. The lowest BCUT2D eigenvalue weighted by molar-refractivity contribution is 0.0878. The van der Waals surface area contributed by atoms with E-state index in [-0.39, 0.29) is 5.54 Å². The molecule has 20 heavy (non-hydrogen) atoms. The van der Waals surface area contributed by atoms with Gasteiger partial charge in [-0.05, 0) is 25.5 Å². The van der Waals surface area contributed by atoms with Gasteiger partial charge in [0.1, 0.15) is 0 Å². The smallest absolute Gasteiger partial charge is 0.0947 e. The van der Waals surface area contributed by atoms with Crippen molar-refractivity contribution in [2.45, 2.75) is 32.0 Å². The molecule has 1 aromatic carbocycles. The van der Waals surface area contributed by atoms with Gasteiger partial charge in [-0.15, -0.1) is 0 Å². The topological polar surface area (TPSA) is 28.4 Å². The summed E-state index contributed by atoms with van der Waals surface area (Å²) in [5.41, 5.74) is 2.76. The number of rotatable bonds is 3. The first kappa shape index (κ1) is 13.4. The van der Waals surface area contributed by atoms with Crippen LogP contribution in [0.5, 0.6) is 0 Å². The number of piperazine rings is 1. The van der Waals surface area contributed by atoms with Crippen molar-refractivity contribution in [1.82, 2.24) is 10.2 Å². The molecule has 0 radical (unpaired) electrons. The Kier molecular flexibility index (Phi) is 3.64. The van der Waals surface area contributed by atoms with Crippen LogP contribution >= 0.6 is 0 Å². The van der Waals surface area contributed by atoms with Crippen molar-refractivity contribution in [1.29, 1.82) is 0 Å². The van der Waals surface area contributed by atoms with Crippen molar-refractivity contribution >= 4 is 0 Å². The molecule has 0 bridgehead atoms. The van der Waals surface area contributed by atoms with Gasteiger partial charge in [-0.1, -0.05) is 30.3 Å². The monoisotopic (exact) mass is 270 g/mol. The molecule has 1 saturated heterocycles. The Bertz CT molecular complexity index is 533. The van der Waals surface area contributed by atoms with E-state index in [2.05, 4.69) is 60.5 Å². The highest BCUT2D eigenvalue weighted by Crippen LogP contribution is 2.28. The first-order valence-corrected chi connectivity index (χ1v) is 7.19. The summed E-state index contributed by atoms with van der Waals surface area (Å²) in [6, 6.07) is 13.2. The average molecular weight is 270 g/mol. The molecule has 1 aliphatic rings. The Hall–Kier alpha value is -1.58. The van der Waals surface area contributed by atoms with Crippen molar-refractivity contribution in [2.75, 3.05) is 13.1 Å². The van der Waals surface area contributed by atoms with Gasteiger partial charge < -0.3 is 9.73 Å². The molecule has 1 N–H and O–H groups in total. The van der Waals surface area contributed by atoms with Crippen LogP contribution < -0.4 is 5.32 Å². The predicted octanol–water partition coefficient (Wildman–Crippen LogP) is 3.20. The summed E-state index contributed by atoms with van der Waals surface area (Å²) in [5, 5.41) is 3.65. The third kappa shape index (κ3) is 2.94. The molecule has 0 amide bonds. The van der Waals surface area contributed by atoms with Crippen LogP contribution in [0.1, 0.15) is 31.0 Å². The highest BCUT2D eigenvalue weighted by molar-refractivity contribution is 5.21. The van der Waals surface area contributed by atoms with Gasteiger partial charge >= 0.3 is 0 Å². The lowest BCUT2D eigenvalue weighted by Crippen LogP contribution is -2.57. The van der Waals surface area contributed by atoms with Gasteiger partial charge in [0.2, 0.25) is 0 Å². The van der Waals surface area contributed by atoms with Crippen LogP contribution in [-0.2, 0) is 6.54 Å². The quantitative estimate of drug-likeness (QED) is 0.928. The number of hydrogen-bond donors (Lipinski definition) is 1. The molecule has 1 aromatic heterocycles. The number of nitrogens with one attached hydrogen (secondary N) is 1. The molecule has 1 unspecified atom stereocenters. The zero-order valence-electron chi connectivity index (χ0n) is 12.2. The van der Waals surface area contributed by atoms with Gasteiger partial charge in [-0.2, -0.15) is 0 Å². The lowest BCUT2D eigenvalue weighted by atomic mass is 9.94. The molecule has 0 aliphatic carbocycles. The number of hydrogen-bond acceptors (Lipinski definition) is 3.